The summed E-state index contributed by atoms with van der Waals surface area (Å²) in [6.07, 6.45) is 0.140. The van der Waals surface area contributed by atoms with Crippen LogP contribution < -0.4 is 0 Å². The molecule has 102 valence electrons. The van der Waals surface area contributed by atoms with Gasteiger partial charge in [-0.25, -0.2) is 0 Å². The Labute approximate surface area is 120 Å². The van der Waals surface area contributed by atoms with Crippen molar-refractivity contribution >= 4 is 35.2 Å². The number of carbonyl (C=O) groups is 2. The van der Waals surface area contributed by atoms with Gasteiger partial charge in [-0.3, -0.25) is 9.59 Å². The third-order valence-corrected chi connectivity index (χ3v) is 4.46. The number of carbonyl (C=O) groups excluding carboxylic acids is 1. The van der Waals surface area contributed by atoms with Crippen molar-refractivity contribution in [3.63, 3.8) is 0 Å². The first-order valence-corrected chi connectivity index (χ1v) is 7.29. The Morgan fingerprint density at radius 3 is 2.68 bits per heavy atom. The van der Waals surface area contributed by atoms with Gasteiger partial charge in [0.15, 0.2) is 0 Å². The fraction of sp³-hybridized carbons (Fsp3) is 0.385. The summed E-state index contributed by atoms with van der Waals surface area (Å²) >= 11 is 7.41. The van der Waals surface area contributed by atoms with Gasteiger partial charge in [0.1, 0.15) is 0 Å². The molecule has 1 aliphatic heterocycles. The van der Waals surface area contributed by atoms with Gasteiger partial charge in [-0.15, -0.1) is 11.8 Å². The minimum Gasteiger partial charge on any atom is -0.481 e. The fourth-order valence-corrected chi connectivity index (χ4v) is 3.08. The molecule has 0 bridgehead atoms. The number of carboxylic acid groups (broad SMARTS) is 1. The normalized spacial score (nSPS) is 15.1. The van der Waals surface area contributed by atoms with Crippen LogP contribution in [0.5, 0.6) is 0 Å². The van der Waals surface area contributed by atoms with E-state index < -0.39 is 5.97 Å². The average Bonchev–Trinajstić information content (AvgIpc) is 2.31. The molecule has 6 heteroatoms. The molecule has 2 rings (SSSR count). The zero-order valence-corrected chi connectivity index (χ0v) is 11.8. The zero-order valence-electron chi connectivity index (χ0n) is 10.2. The summed E-state index contributed by atoms with van der Waals surface area (Å²) < 4.78 is 0. The molecule has 1 saturated heterocycles. The standard InChI is InChI=1S/C13H14ClNO3S/c14-10-3-1-2-4-11(10)19-8-12(16)15-6-9(7-15)5-13(17)18/h1-4,9H,5-8H2,(H,17,18). The first-order chi connectivity index (χ1) is 9.06. The van der Waals surface area contributed by atoms with Gasteiger partial charge in [0, 0.05) is 23.9 Å². The van der Waals surface area contributed by atoms with Gasteiger partial charge in [0.2, 0.25) is 5.91 Å². The highest BCUT2D eigenvalue weighted by Gasteiger charge is 2.31. The van der Waals surface area contributed by atoms with Gasteiger partial charge in [0.05, 0.1) is 17.2 Å². The molecule has 4 nitrogen and oxygen atoms in total. The molecule has 0 radical (unpaired) electrons. The molecule has 19 heavy (non-hydrogen) atoms. The van der Waals surface area contributed by atoms with Crippen LogP contribution in [0.2, 0.25) is 5.02 Å². The second-order valence-corrected chi connectivity index (χ2v) is 5.91. The monoisotopic (exact) mass is 299 g/mol. The number of aliphatic carboxylic acids is 1. The van der Waals surface area contributed by atoms with Gasteiger partial charge >= 0.3 is 5.97 Å². The topological polar surface area (TPSA) is 57.6 Å². The van der Waals surface area contributed by atoms with E-state index in [-0.39, 0.29) is 18.2 Å². The van der Waals surface area contributed by atoms with Crippen LogP contribution in [0.4, 0.5) is 0 Å². The summed E-state index contributed by atoms with van der Waals surface area (Å²) in [5.41, 5.74) is 0. The summed E-state index contributed by atoms with van der Waals surface area (Å²) in [5.74, 6) is -0.329. The molecule has 0 spiro atoms. The van der Waals surface area contributed by atoms with Crippen LogP contribution in [-0.4, -0.2) is 40.7 Å². The molecule has 1 fully saturated rings. The number of hydrogen-bond acceptors (Lipinski definition) is 3. The number of halogens is 1. The van der Waals surface area contributed by atoms with Gasteiger partial charge in [0.25, 0.3) is 0 Å². The Morgan fingerprint density at radius 1 is 1.37 bits per heavy atom. The molecule has 0 saturated carbocycles. The number of thioether (sulfide) groups is 1. The second kappa shape index (κ2) is 6.30. The number of hydrogen-bond donors (Lipinski definition) is 1. The Bertz CT molecular complexity index is 489. The highest BCUT2D eigenvalue weighted by atomic mass is 35.5. The summed E-state index contributed by atoms with van der Waals surface area (Å²) in [6.45, 7) is 1.10. The van der Waals surface area contributed by atoms with Gasteiger partial charge in [-0.2, -0.15) is 0 Å². The lowest BCUT2D eigenvalue weighted by Gasteiger charge is -2.38. The van der Waals surface area contributed by atoms with E-state index in [0.717, 1.165) is 4.90 Å². The molecule has 1 heterocycles. The number of amides is 1. The maximum atomic E-state index is 11.9. The third kappa shape index (κ3) is 3.88. The molecule has 0 aromatic heterocycles. The highest BCUT2D eigenvalue weighted by molar-refractivity contribution is 8.00. The average molecular weight is 300 g/mol. The number of carboxylic acids is 1. The molecule has 0 unspecified atom stereocenters. The Morgan fingerprint density at radius 2 is 2.05 bits per heavy atom. The maximum Gasteiger partial charge on any atom is 0.303 e. The van der Waals surface area contributed by atoms with Crippen molar-refractivity contribution in [2.75, 3.05) is 18.8 Å². The summed E-state index contributed by atoms with van der Waals surface area (Å²) in [5, 5.41) is 9.28. The minimum atomic E-state index is -0.803. The van der Waals surface area contributed by atoms with Crippen molar-refractivity contribution < 1.29 is 14.7 Å². The molecule has 1 amide bonds. The Kier molecular flexibility index (Phi) is 4.71. The van der Waals surface area contributed by atoms with E-state index in [4.69, 9.17) is 16.7 Å². The van der Waals surface area contributed by atoms with Crippen LogP contribution in [-0.2, 0) is 9.59 Å². The van der Waals surface area contributed by atoms with E-state index >= 15 is 0 Å². The molecule has 1 aromatic rings. The Hall–Kier alpha value is -1.20. The summed E-state index contributed by atoms with van der Waals surface area (Å²) in [4.78, 5) is 24.9. The van der Waals surface area contributed by atoms with E-state index in [2.05, 4.69) is 0 Å². The van der Waals surface area contributed by atoms with Crippen molar-refractivity contribution in [2.24, 2.45) is 5.92 Å². The van der Waals surface area contributed by atoms with Crippen LogP contribution in [0.1, 0.15) is 6.42 Å². The third-order valence-electron chi connectivity index (χ3n) is 2.96. The number of benzene rings is 1. The number of likely N-dealkylation sites (tertiary alicyclic amines) is 1. The first kappa shape index (κ1) is 14.2. The van der Waals surface area contributed by atoms with Crippen molar-refractivity contribution in [1.82, 2.24) is 4.90 Å². The van der Waals surface area contributed by atoms with Crippen LogP contribution >= 0.6 is 23.4 Å². The largest absolute Gasteiger partial charge is 0.481 e. The van der Waals surface area contributed by atoms with E-state index in [1.165, 1.54) is 11.8 Å². The predicted octanol–water partition coefficient (Wildman–Crippen LogP) is 2.37. The lowest BCUT2D eigenvalue weighted by molar-refractivity contribution is -0.143. The van der Waals surface area contributed by atoms with E-state index in [9.17, 15) is 9.59 Å². The zero-order chi connectivity index (χ0) is 13.8. The van der Waals surface area contributed by atoms with E-state index in [1.54, 1.807) is 11.0 Å². The first-order valence-electron chi connectivity index (χ1n) is 5.93. The fourth-order valence-electron chi connectivity index (χ4n) is 1.94. The van der Waals surface area contributed by atoms with Crippen molar-refractivity contribution in [2.45, 2.75) is 11.3 Å². The predicted molar refractivity (Wildman–Crippen MR) is 74.5 cm³/mol. The van der Waals surface area contributed by atoms with E-state index in [0.29, 0.717) is 23.9 Å². The quantitative estimate of drug-likeness (QED) is 0.848. The summed E-state index contributed by atoms with van der Waals surface area (Å²) in [7, 11) is 0. The van der Waals surface area contributed by atoms with Gasteiger partial charge < -0.3 is 10.0 Å². The SMILES string of the molecule is O=C(O)CC1CN(C(=O)CSc2ccccc2Cl)C1. The Balaban J connectivity index is 1.75. The molecule has 0 atom stereocenters. The molecule has 1 aliphatic rings. The molecule has 1 N–H and O–H groups in total. The maximum absolute atomic E-state index is 11.9. The molecular formula is C13H14ClNO3S. The van der Waals surface area contributed by atoms with Crippen LogP contribution in [0, 0.1) is 5.92 Å². The smallest absolute Gasteiger partial charge is 0.303 e. The van der Waals surface area contributed by atoms with Crippen molar-refractivity contribution in [3.8, 4) is 0 Å². The number of nitrogens with zero attached hydrogens (tertiary/aromatic N) is 1. The molecular weight excluding hydrogens is 286 g/mol. The van der Waals surface area contributed by atoms with Crippen LogP contribution in [0.3, 0.4) is 0 Å². The van der Waals surface area contributed by atoms with E-state index in [1.807, 2.05) is 18.2 Å². The molecule has 0 aliphatic carbocycles. The minimum absolute atomic E-state index is 0.0339. The van der Waals surface area contributed by atoms with Gasteiger partial charge in [-0.1, -0.05) is 23.7 Å². The summed E-state index contributed by atoms with van der Waals surface area (Å²) in [6, 6.07) is 7.40. The van der Waals surface area contributed by atoms with Gasteiger partial charge in [-0.05, 0) is 12.1 Å². The van der Waals surface area contributed by atoms with Crippen molar-refractivity contribution in [3.05, 3.63) is 29.3 Å². The molecule has 1 aromatic carbocycles. The second-order valence-electron chi connectivity index (χ2n) is 4.48. The van der Waals surface area contributed by atoms with Crippen molar-refractivity contribution in [1.29, 1.82) is 0 Å². The van der Waals surface area contributed by atoms with Crippen LogP contribution in [0.25, 0.3) is 0 Å². The van der Waals surface area contributed by atoms with Crippen LogP contribution in [0.15, 0.2) is 29.2 Å². The highest BCUT2D eigenvalue weighted by Crippen LogP contribution is 2.28. The lowest BCUT2D eigenvalue weighted by atomic mass is 9.96. The number of rotatable bonds is 5. The lowest BCUT2D eigenvalue weighted by Crippen LogP contribution is -2.51.